The van der Waals surface area contributed by atoms with Crippen molar-refractivity contribution in [3.05, 3.63) is 109 Å². The van der Waals surface area contributed by atoms with E-state index in [4.69, 9.17) is 32.3 Å². The van der Waals surface area contributed by atoms with Gasteiger partial charge in [0.2, 0.25) is 0 Å². The largest absolute Gasteiger partial charge is 0.472 e. The molecule has 0 aromatic rings. The highest BCUT2D eigenvalue weighted by Crippen LogP contribution is 2.45. The molecule has 0 aromatic carbocycles. The number of phosphoric ester groups is 2. The molecule has 0 aliphatic carbocycles. The number of aliphatic hydroxyl groups is 2. The molecule has 91 heavy (non-hydrogen) atoms. The van der Waals surface area contributed by atoms with Gasteiger partial charge in [0, 0.05) is 19.3 Å². The van der Waals surface area contributed by atoms with E-state index in [-0.39, 0.29) is 19.3 Å². The number of unbranched alkanes of at least 4 members (excludes halogenated alkanes) is 25. The molecule has 0 aromatic heterocycles. The highest BCUT2D eigenvalue weighted by atomic mass is 31.2. The molecule has 0 saturated heterocycles. The van der Waals surface area contributed by atoms with Gasteiger partial charge >= 0.3 is 33.6 Å². The van der Waals surface area contributed by atoms with Gasteiger partial charge in [0.1, 0.15) is 25.4 Å². The minimum atomic E-state index is -4.93. The van der Waals surface area contributed by atoms with Gasteiger partial charge in [-0.1, -0.05) is 252 Å². The van der Waals surface area contributed by atoms with E-state index in [1.807, 2.05) is 0 Å². The number of carbonyl (C=O) groups is 3. The molecular formula is C73H126O16P2. The Morgan fingerprint density at radius 2 is 0.582 bits per heavy atom. The number of allylic oxidation sites excluding steroid dienone is 18. The van der Waals surface area contributed by atoms with Crippen LogP contribution in [0.15, 0.2) is 109 Å². The Bertz CT molecular complexity index is 2100. The molecule has 0 aliphatic heterocycles. The minimum absolute atomic E-state index is 0.0847. The maximum atomic E-state index is 12.9. The van der Waals surface area contributed by atoms with Crippen LogP contribution in [0.25, 0.3) is 0 Å². The van der Waals surface area contributed by atoms with E-state index in [1.165, 1.54) is 57.8 Å². The van der Waals surface area contributed by atoms with E-state index >= 15 is 0 Å². The number of aliphatic hydroxyl groups excluding tert-OH is 2. The van der Waals surface area contributed by atoms with Crippen LogP contribution in [0.4, 0.5) is 0 Å². The summed E-state index contributed by atoms with van der Waals surface area (Å²) in [7, 11) is -9.78. The summed E-state index contributed by atoms with van der Waals surface area (Å²) in [5.74, 6) is -1.61. The molecule has 0 bridgehead atoms. The fraction of sp³-hybridized carbons (Fsp3) is 0.712. The van der Waals surface area contributed by atoms with Crippen molar-refractivity contribution >= 4 is 33.6 Å². The third-order valence-electron chi connectivity index (χ3n) is 14.4. The zero-order valence-corrected chi connectivity index (χ0v) is 58.5. The second-order valence-corrected chi connectivity index (χ2v) is 26.2. The molecule has 0 saturated carbocycles. The zero-order chi connectivity index (χ0) is 66.7. The van der Waals surface area contributed by atoms with Crippen molar-refractivity contribution < 1.29 is 75.8 Å². The van der Waals surface area contributed by atoms with Gasteiger partial charge < -0.3 is 34.2 Å². The van der Waals surface area contributed by atoms with E-state index in [0.717, 1.165) is 161 Å². The number of rotatable bonds is 66. The van der Waals surface area contributed by atoms with Gasteiger partial charge in [0.25, 0.3) is 0 Å². The molecular weight excluding hydrogens is 1190 g/mol. The van der Waals surface area contributed by atoms with E-state index in [2.05, 4.69) is 130 Å². The highest BCUT2D eigenvalue weighted by Gasteiger charge is 2.29. The second-order valence-electron chi connectivity index (χ2n) is 23.3. The lowest BCUT2D eigenvalue weighted by Crippen LogP contribution is -2.30. The predicted molar refractivity (Wildman–Crippen MR) is 371 cm³/mol. The van der Waals surface area contributed by atoms with Crippen molar-refractivity contribution in [2.45, 2.75) is 296 Å². The third kappa shape index (κ3) is 67.4. The normalized spacial score (nSPS) is 14.8. The van der Waals surface area contributed by atoms with Crippen molar-refractivity contribution in [2.75, 3.05) is 39.6 Å². The first-order valence-electron chi connectivity index (χ1n) is 35.2. The number of esters is 3. The van der Waals surface area contributed by atoms with Gasteiger partial charge in [-0.25, -0.2) is 9.13 Å². The van der Waals surface area contributed by atoms with Crippen LogP contribution in [0, 0.1) is 0 Å². The Hall–Kier alpha value is -3.79. The van der Waals surface area contributed by atoms with Gasteiger partial charge in [0.05, 0.1) is 26.4 Å². The monoisotopic (exact) mass is 1320 g/mol. The molecule has 0 amide bonds. The molecule has 0 fully saturated rings. The first kappa shape index (κ1) is 87.2. The second kappa shape index (κ2) is 66.2. The molecule has 16 nitrogen and oxygen atoms in total. The molecule has 4 N–H and O–H groups in total. The summed E-state index contributed by atoms with van der Waals surface area (Å²) in [6.07, 6.45) is 74.5. The van der Waals surface area contributed by atoms with E-state index in [9.17, 15) is 43.5 Å². The average molecular weight is 1320 g/mol. The summed E-state index contributed by atoms with van der Waals surface area (Å²) >= 11 is 0. The van der Waals surface area contributed by atoms with Crippen molar-refractivity contribution in [1.29, 1.82) is 0 Å². The molecule has 5 unspecified atom stereocenters. The molecule has 0 aliphatic rings. The Kier molecular flexibility index (Phi) is 63.5. The first-order chi connectivity index (χ1) is 44.2. The van der Waals surface area contributed by atoms with Crippen LogP contribution in [0.2, 0.25) is 0 Å². The molecule has 0 rings (SSSR count). The highest BCUT2D eigenvalue weighted by molar-refractivity contribution is 7.47. The Labute approximate surface area is 551 Å². The zero-order valence-electron chi connectivity index (χ0n) is 56.7. The summed E-state index contributed by atoms with van der Waals surface area (Å²) in [5.41, 5.74) is 0. The van der Waals surface area contributed by atoms with Gasteiger partial charge in [-0.15, -0.1) is 0 Å². The maximum absolute atomic E-state index is 12.9. The van der Waals surface area contributed by atoms with Crippen LogP contribution in [-0.4, -0.2) is 95.9 Å². The Balaban J connectivity index is 4.43. The molecule has 0 radical (unpaired) electrons. The maximum Gasteiger partial charge on any atom is 0.472 e. The first-order valence-corrected chi connectivity index (χ1v) is 38.2. The van der Waals surface area contributed by atoms with Crippen molar-refractivity contribution in [1.82, 2.24) is 0 Å². The predicted octanol–water partition coefficient (Wildman–Crippen LogP) is 19.6. The number of ether oxygens (including phenoxy) is 3. The molecule has 524 valence electrons. The fourth-order valence-corrected chi connectivity index (χ4v) is 10.7. The topological polar surface area (TPSA) is 231 Å². The summed E-state index contributed by atoms with van der Waals surface area (Å²) in [6, 6.07) is 0. The number of hydrogen-bond acceptors (Lipinski definition) is 14. The van der Waals surface area contributed by atoms with Crippen LogP contribution in [-0.2, 0) is 55.8 Å². The average Bonchev–Trinajstić information content (AvgIpc) is 3.56. The summed E-state index contributed by atoms with van der Waals surface area (Å²) < 4.78 is 60.8. The SMILES string of the molecule is CC/C=C\C/C=C\C/C=C\C/C=C\C/C=C\CCCCCCCCCCCCCCCC(=O)OCC(O)COP(=O)(O)OCC(O)COP(=O)(O)OCC(COC(=O)CCCCCCC/C=C\C/C=C\CCC)OC(=O)CCCCCCC/C=C\C/C=C\CCC. The summed E-state index contributed by atoms with van der Waals surface area (Å²) in [6.45, 7) is 2.39. The number of hydrogen-bond donors (Lipinski definition) is 4. The van der Waals surface area contributed by atoms with Gasteiger partial charge in [-0.05, 0) is 116 Å². The standard InChI is InChI=1S/C73H126O16P2/c1-4-7-10-13-16-19-22-25-26-27-28-29-30-31-32-33-34-35-36-37-38-39-40-43-45-47-50-53-56-59-71(76)83-62-68(74)63-85-90(79,80)86-64-69(75)65-87-91(81,82)88-67-70(89-73(78)61-58-55-52-49-46-42-24-21-18-15-12-9-6-3)66-84-72(77)60-57-54-51-48-44-41-23-20-17-14-11-8-5-2/h7,10-12,14-16,19-21,23-26,28-29,31-32,68-70,74-75H,4-6,8-9,13,17-18,22,27,30,33-67H2,1-3H3,(H,79,80)(H,81,82)/b10-7-,14-11-,15-12-,19-16-,23-20-,24-21-,26-25-,29-28-,32-31-. The van der Waals surface area contributed by atoms with E-state index in [1.54, 1.807) is 0 Å². The minimum Gasteiger partial charge on any atom is -0.463 e. The lowest BCUT2D eigenvalue weighted by Gasteiger charge is -2.21. The number of phosphoric acid groups is 2. The van der Waals surface area contributed by atoms with Gasteiger partial charge in [-0.3, -0.25) is 32.5 Å². The van der Waals surface area contributed by atoms with Gasteiger partial charge in [-0.2, -0.15) is 0 Å². The molecule has 5 atom stereocenters. The Morgan fingerprint density at radius 3 is 0.923 bits per heavy atom. The Morgan fingerprint density at radius 1 is 0.319 bits per heavy atom. The quantitative estimate of drug-likeness (QED) is 0.0146. The summed E-state index contributed by atoms with van der Waals surface area (Å²) in [5, 5.41) is 20.6. The summed E-state index contributed by atoms with van der Waals surface area (Å²) in [4.78, 5) is 58.3. The van der Waals surface area contributed by atoms with Crippen molar-refractivity contribution in [2.24, 2.45) is 0 Å². The van der Waals surface area contributed by atoms with Crippen molar-refractivity contribution in [3.63, 3.8) is 0 Å². The van der Waals surface area contributed by atoms with Crippen LogP contribution in [0.5, 0.6) is 0 Å². The number of carbonyl (C=O) groups excluding carboxylic acids is 3. The molecule has 0 heterocycles. The lowest BCUT2D eigenvalue weighted by molar-refractivity contribution is -0.161. The fourth-order valence-electron chi connectivity index (χ4n) is 9.08. The van der Waals surface area contributed by atoms with Crippen molar-refractivity contribution in [3.8, 4) is 0 Å². The van der Waals surface area contributed by atoms with Crippen LogP contribution in [0.3, 0.4) is 0 Å². The third-order valence-corrected chi connectivity index (χ3v) is 16.3. The van der Waals surface area contributed by atoms with E-state index in [0.29, 0.717) is 19.3 Å². The van der Waals surface area contributed by atoms with Crippen LogP contribution < -0.4 is 0 Å². The smallest absolute Gasteiger partial charge is 0.463 e. The van der Waals surface area contributed by atoms with Crippen LogP contribution in [0.1, 0.15) is 278 Å². The van der Waals surface area contributed by atoms with E-state index < -0.39 is 91.5 Å². The van der Waals surface area contributed by atoms with Crippen LogP contribution >= 0.6 is 15.6 Å². The molecule has 0 spiro atoms. The lowest BCUT2D eigenvalue weighted by atomic mass is 10.0. The van der Waals surface area contributed by atoms with Gasteiger partial charge in [0.15, 0.2) is 6.10 Å². The molecule has 18 heteroatoms.